The summed E-state index contributed by atoms with van der Waals surface area (Å²) in [6.45, 7) is 17.4. The number of alkyl halides is 2. The SMILES string of the molecule is CC(C)(O)CCC[C@@](C)(O)[C@H]1CC[C@]2(C)[C@@H]1[C@H](OC(=O)CCl)C[C@@H]1[C@@]3(C)CC[C@H](OC(=O)CCl)C(C)(C)[C@@H]3CC[C@]12C. The molecule has 4 aliphatic carbocycles. The first-order valence-corrected chi connectivity index (χ1v) is 17.3. The Morgan fingerprint density at radius 2 is 1.40 bits per heavy atom. The van der Waals surface area contributed by atoms with Crippen LogP contribution in [0.15, 0.2) is 0 Å². The summed E-state index contributed by atoms with van der Waals surface area (Å²) in [5.41, 5.74) is -2.06. The Morgan fingerprint density at radius 1 is 0.810 bits per heavy atom. The molecule has 0 amide bonds. The molecule has 10 atom stereocenters. The molecule has 4 fully saturated rings. The summed E-state index contributed by atoms with van der Waals surface area (Å²) in [5, 5.41) is 22.3. The lowest BCUT2D eigenvalue weighted by Crippen LogP contribution is -2.67. The number of esters is 2. The van der Waals surface area contributed by atoms with Crippen molar-refractivity contribution in [2.45, 2.75) is 143 Å². The van der Waals surface area contributed by atoms with E-state index in [-0.39, 0.29) is 63.4 Å². The molecule has 4 saturated carbocycles. The van der Waals surface area contributed by atoms with Gasteiger partial charge in [-0.25, -0.2) is 0 Å². The van der Waals surface area contributed by atoms with Crippen LogP contribution in [0.1, 0.15) is 120 Å². The number of carbonyl (C=O) groups is 2. The molecule has 0 aromatic carbocycles. The summed E-state index contributed by atoms with van der Waals surface area (Å²) in [6, 6.07) is 0. The van der Waals surface area contributed by atoms with Crippen molar-refractivity contribution in [3.05, 3.63) is 0 Å². The maximum atomic E-state index is 12.8. The van der Waals surface area contributed by atoms with Crippen molar-refractivity contribution in [2.24, 2.45) is 45.3 Å². The van der Waals surface area contributed by atoms with Crippen LogP contribution in [-0.4, -0.2) is 57.3 Å². The third-order valence-corrected chi connectivity index (χ3v) is 13.8. The lowest BCUT2D eigenvalue weighted by atomic mass is 9.35. The molecule has 42 heavy (non-hydrogen) atoms. The zero-order valence-corrected chi connectivity index (χ0v) is 28.7. The predicted octanol–water partition coefficient (Wildman–Crippen LogP) is 7.27. The molecule has 4 rings (SSSR count). The number of fused-ring (bicyclic) bond motifs is 5. The van der Waals surface area contributed by atoms with E-state index in [1.54, 1.807) is 0 Å². The molecule has 0 radical (unpaired) electrons. The monoisotopic (exact) mass is 630 g/mol. The molecular weight excluding hydrogens is 575 g/mol. The van der Waals surface area contributed by atoms with Crippen LogP contribution in [0.5, 0.6) is 0 Å². The molecule has 0 spiro atoms. The molecule has 0 saturated heterocycles. The predicted molar refractivity (Wildman–Crippen MR) is 166 cm³/mol. The van der Waals surface area contributed by atoms with Crippen LogP contribution in [-0.2, 0) is 19.1 Å². The van der Waals surface area contributed by atoms with Crippen molar-refractivity contribution in [1.82, 2.24) is 0 Å². The highest BCUT2D eigenvalue weighted by Gasteiger charge is 2.72. The summed E-state index contributed by atoms with van der Waals surface area (Å²) in [6.07, 6.45) is 7.91. The van der Waals surface area contributed by atoms with E-state index in [1.165, 1.54) is 0 Å². The molecule has 0 bridgehead atoms. The Balaban J connectivity index is 1.70. The highest BCUT2D eigenvalue weighted by atomic mass is 35.5. The minimum atomic E-state index is -0.935. The summed E-state index contributed by atoms with van der Waals surface area (Å²) in [5.74, 6) is -0.404. The van der Waals surface area contributed by atoms with Gasteiger partial charge in [-0.3, -0.25) is 9.59 Å². The molecule has 0 heterocycles. The summed E-state index contributed by atoms with van der Waals surface area (Å²) >= 11 is 11.8. The van der Waals surface area contributed by atoms with Crippen molar-refractivity contribution >= 4 is 35.1 Å². The van der Waals surface area contributed by atoms with Crippen LogP contribution >= 0.6 is 23.2 Å². The van der Waals surface area contributed by atoms with Gasteiger partial charge in [0.2, 0.25) is 0 Å². The van der Waals surface area contributed by atoms with Gasteiger partial charge in [0.1, 0.15) is 24.0 Å². The maximum Gasteiger partial charge on any atom is 0.321 e. The largest absolute Gasteiger partial charge is 0.461 e. The number of rotatable bonds is 9. The Hall–Kier alpha value is -0.560. The lowest BCUT2D eigenvalue weighted by molar-refractivity contribution is -0.252. The number of halogens is 2. The molecule has 242 valence electrons. The Bertz CT molecular complexity index is 1020. The zero-order valence-electron chi connectivity index (χ0n) is 27.2. The van der Waals surface area contributed by atoms with Crippen LogP contribution in [0.25, 0.3) is 0 Å². The van der Waals surface area contributed by atoms with E-state index in [4.69, 9.17) is 32.7 Å². The van der Waals surface area contributed by atoms with Gasteiger partial charge in [0.25, 0.3) is 0 Å². The second-order valence-electron chi connectivity index (χ2n) is 16.5. The first-order chi connectivity index (χ1) is 19.3. The second kappa shape index (κ2) is 11.7. The van der Waals surface area contributed by atoms with Crippen LogP contribution in [0.4, 0.5) is 0 Å². The fraction of sp³-hybridized carbons (Fsp3) is 0.941. The third-order valence-electron chi connectivity index (χ3n) is 13.3. The number of hydrogen-bond acceptors (Lipinski definition) is 6. The number of ether oxygens (including phenoxy) is 2. The van der Waals surface area contributed by atoms with Gasteiger partial charge in [-0.15, -0.1) is 23.2 Å². The maximum absolute atomic E-state index is 12.8. The van der Waals surface area contributed by atoms with E-state index in [0.717, 1.165) is 51.4 Å². The van der Waals surface area contributed by atoms with Gasteiger partial charge in [-0.05, 0) is 119 Å². The smallest absolute Gasteiger partial charge is 0.321 e. The number of hydrogen-bond donors (Lipinski definition) is 2. The molecule has 0 aromatic heterocycles. The van der Waals surface area contributed by atoms with Crippen molar-refractivity contribution < 1.29 is 29.3 Å². The van der Waals surface area contributed by atoms with Crippen molar-refractivity contribution in [1.29, 1.82) is 0 Å². The number of aliphatic hydroxyl groups is 2. The van der Waals surface area contributed by atoms with E-state index in [0.29, 0.717) is 24.7 Å². The average molecular weight is 632 g/mol. The van der Waals surface area contributed by atoms with E-state index in [1.807, 2.05) is 20.8 Å². The van der Waals surface area contributed by atoms with Crippen molar-refractivity contribution in [2.75, 3.05) is 11.8 Å². The van der Waals surface area contributed by atoms with E-state index >= 15 is 0 Å². The highest BCUT2D eigenvalue weighted by molar-refractivity contribution is 6.26. The quantitative estimate of drug-likeness (QED) is 0.205. The summed E-state index contributed by atoms with van der Waals surface area (Å²) < 4.78 is 12.2. The Morgan fingerprint density at radius 3 is 2.00 bits per heavy atom. The van der Waals surface area contributed by atoms with E-state index in [9.17, 15) is 19.8 Å². The van der Waals surface area contributed by atoms with Crippen molar-refractivity contribution in [3.8, 4) is 0 Å². The average Bonchev–Trinajstić information content (AvgIpc) is 3.26. The van der Waals surface area contributed by atoms with Crippen LogP contribution in [0, 0.1) is 45.3 Å². The molecular formula is C34H56Cl2O6. The third kappa shape index (κ3) is 5.78. The minimum absolute atomic E-state index is 0.000437. The summed E-state index contributed by atoms with van der Waals surface area (Å²) in [4.78, 5) is 25.0. The first-order valence-electron chi connectivity index (χ1n) is 16.2. The number of carbonyl (C=O) groups excluding carboxylic acids is 2. The van der Waals surface area contributed by atoms with Gasteiger partial charge in [0.15, 0.2) is 0 Å². The Kier molecular flexibility index (Phi) is 9.53. The van der Waals surface area contributed by atoms with Gasteiger partial charge in [-0.2, -0.15) is 0 Å². The normalized spacial score (nSPS) is 42.5. The minimum Gasteiger partial charge on any atom is -0.461 e. The zero-order chi connectivity index (χ0) is 31.5. The Labute approximate surface area is 264 Å². The molecule has 8 heteroatoms. The first kappa shape index (κ1) is 34.3. The molecule has 0 unspecified atom stereocenters. The molecule has 0 aromatic rings. The van der Waals surface area contributed by atoms with Gasteiger partial charge in [0, 0.05) is 11.3 Å². The van der Waals surface area contributed by atoms with Gasteiger partial charge >= 0.3 is 11.9 Å². The summed E-state index contributed by atoms with van der Waals surface area (Å²) in [7, 11) is 0. The highest BCUT2D eigenvalue weighted by Crippen LogP contribution is 2.76. The molecule has 6 nitrogen and oxygen atoms in total. The second-order valence-corrected chi connectivity index (χ2v) is 17.1. The van der Waals surface area contributed by atoms with Crippen molar-refractivity contribution in [3.63, 3.8) is 0 Å². The topological polar surface area (TPSA) is 93.1 Å². The molecule has 0 aliphatic heterocycles. The van der Waals surface area contributed by atoms with Crippen LogP contribution < -0.4 is 0 Å². The van der Waals surface area contributed by atoms with Crippen LogP contribution in [0.2, 0.25) is 0 Å². The van der Waals surface area contributed by atoms with Gasteiger partial charge in [0.05, 0.1) is 11.2 Å². The molecule has 2 N–H and O–H groups in total. The van der Waals surface area contributed by atoms with Gasteiger partial charge < -0.3 is 19.7 Å². The lowest BCUT2D eigenvalue weighted by Gasteiger charge is -2.70. The fourth-order valence-corrected chi connectivity index (χ4v) is 11.3. The fourth-order valence-electron chi connectivity index (χ4n) is 11.2. The van der Waals surface area contributed by atoms with E-state index < -0.39 is 17.2 Å². The molecule has 4 aliphatic rings. The van der Waals surface area contributed by atoms with E-state index in [2.05, 4.69) is 34.6 Å². The van der Waals surface area contributed by atoms with Gasteiger partial charge in [-0.1, -0.05) is 34.6 Å². The van der Waals surface area contributed by atoms with Crippen LogP contribution in [0.3, 0.4) is 0 Å². The standard InChI is InChI=1S/C34H56Cl2O6/c1-29(2,39)13-9-14-34(8,40)21-10-16-33(7)28(21)22(41-26(37)19-35)18-24-31(5)15-12-25(42-27(38)20-36)30(3,4)23(31)11-17-32(24,33)6/h21-25,28,39-40H,9-20H2,1-8H3/t21-,22+,23-,24+,25-,28-,31-,32+,33+,34+/m0/s1.